The second-order valence-electron chi connectivity index (χ2n) is 4.41. The molecule has 4 nitrogen and oxygen atoms in total. The van der Waals surface area contributed by atoms with Crippen LogP contribution in [0.5, 0.6) is 5.75 Å². The van der Waals surface area contributed by atoms with Crippen LogP contribution in [0.4, 0.5) is 0 Å². The quantitative estimate of drug-likeness (QED) is 0.380. The molecular formula is C15H14Cl2N2O2. The molecule has 3 N–H and O–H groups in total. The zero-order valence-electron chi connectivity index (χ0n) is 11.1. The van der Waals surface area contributed by atoms with Crippen molar-refractivity contribution in [1.82, 2.24) is 0 Å². The minimum Gasteiger partial charge on any atom is -0.489 e. The number of benzene rings is 2. The van der Waals surface area contributed by atoms with Crippen LogP contribution in [-0.4, -0.2) is 11.0 Å². The van der Waals surface area contributed by atoms with Crippen LogP contribution in [0.2, 0.25) is 10.0 Å². The molecule has 0 saturated carbocycles. The van der Waals surface area contributed by atoms with Crippen molar-refractivity contribution in [3.63, 3.8) is 0 Å². The van der Waals surface area contributed by atoms with E-state index >= 15 is 0 Å². The van der Waals surface area contributed by atoms with E-state index in [0.29, 0.717) is 28.8 Å². The summed E-state index contributed by atoms with van der Waals surface area (Å²) < 4.78 is 5.66. The van der Waals surface area contributed by atoms with Crippen LogP contribution in [0.3, 0.4) is 0 Å². The fraction of sp³-hybridized carbons (Fsp3) is 0.133. The third-order valence-corrected chi connectivity index (χ3v) is 3.72. The van der Waals surface area contributed by atoms with Crippen molar-refractivity contribution in [2.45, 2.75) is 13.0 Å². The van der Waals surface area contributed by atoms with E-state index < -0.39 is 0 Å². The Balaban J connectivity index is 1.99. The van der Waals surface area contributed by atoms with E-state index in [0.717, 1.165) is 11.1 Å². The number of nitrogens with two attached hydrogens (primary N) is 1. The van der Waals surface area contributed by atoms with Crippen molar-refractivity contribution in [3.8, 4) is 5.75 Å². The molecule has 2 aromatic rings. The lowest BCUT2D eigenvalue weighted by molar-refractivity contribution is 0.306. The highest BCUT2D eigenvalue weighted by molar-refractivity contribution is 6.42. The maximum absolute atomic E-state index is 8.52. The van der Waals surface area contributed by atoms with Crippen LogP contribution in [-0.2, 0) is 13.0 Å². The minimum absolute atomic E-state index is 0.161. The number of hydrogen-bond donors (Lipinski definition) is 2. The van der Waals surface area contributed by atoms with Crippen LogP contribution in [0.25, 0.3) is 0 Å². The van der Waals surface area contributed by atoms with Crippen LogP contribution in [0, 0.1) is 0 Å². The van der Waals surface area contributed by atoms with Crippen molar-refractivity contribution in [2.24, 2.45) is 10.9 Å². The van der Waals surface area contributed by atoms with Gasteiger partial charge in [0.2, 0.25) is 0 Å². The summed E-state index contributed by atoms with van der Waals surface area (Å²) in [6.07, 6.45) is 0.386. The van der Waals surface area contributed by atoms with E-state index in [1.54, 1.807) is 6.07 Å². The smallest absolute Gasteiger partial charge is 0.143 e. The Labute approximate surface area is 132 Å². The summed E-state index contributed by atoms with van der Waals surface area (Å²) in [4.78, 5) is 0. The Morgan fingerprint density at radius 3 is 2.52 bits per heavy atom. The first-order chi connectivity index (χ1) is 10.1. The number of halogens is 2. The first-order valence-electron chi connectivity index (χ1n) is 6.21. The van der Waals surface area contributed by atoms with Crippen LogP contribution in [0.15, 0.2) is 47.6 Å². The fourth-order valence-corrected chi connectivity index (χ4v) is 2.14. The Kier molecular flexibility index (Phi) is 5.31. The average Bonchev–Trinajstić information content (AvgIpc) is 2.50. The van der Waals surface area contributed by atoms with E-state index in [1.165, 1.54) is 0 Å². The van der Waals surface area contributed by atoms with Crippen molar-refractivity contribution in [2.75, 3.05) is 0 Å². The number of rotatable bonds is 5. The number of nitrogens with zero attached hydrogens (tertiary/aromatic N) is 1. The molecule has 0 amide bonds. The molecule has 0 bridgehead atoms. The largest absolute Gasteiger partial charge is 0.489 e. The van der Waals surface area contributed by atoms with E-state index in [4.69, 9.17) is 38.9 Å². The standard InChI is InChI=1S/C15H14Cl2N2O2/c16-13-3-1-2-11(15(13)17)9-21-12-6-4-10(5-7-12)8-14(18)19-20/h1-7,20H,8-9H2,(H2,18,19). The summed E-state index contributed by atoms with van der Waals surface area (Å²) in [6.45, 7) is 0.332. The molecule has 21 heavy (non-hydrogen) atoms. The molecule has 0 atom stereocenters. The van der Waals surface area contributed by atoms with Gasteiger partial charge in [-0.15, -0.1) is 0 Å². The number of hydrogen-bond acceptors (Lipinski definition) is 3. The summed E-state index contributed by atoms with van der Waals surface area (Å²) >= 11 is 12.0. The number of amidine groups is 1. The number of ether oxygens (including phenoxy) is 1. The number of oxime groups is 1. The molecule has 110 valence electrons. The molecule has 0 aliphatic carbocycles. The zero-order valence-corrected chi connectivity index (χ0v) is 12.6. The second kappa shape index (κ2) is 7.20. The van der Waals surface area contributed by atoms with Gasteiger partial charge in [0.15, 0.2) is 0 Å². The predicted octanol–water partition coefficient (Wildman–Crippen LogP) is 3.86. The molecular weight excluding hydrogens is 311 g/mol. The van der Waals surface area contributed by atoms with Crippen LogP contribution < -0.4 is 10.5 Å². The minimum atomic E-state index is 0.161. The fourth-order valence-electron chi connectivity index (χ4n) is 1.77. The van der Waals surface area contributed by atoms with Gasteiger partial charge in [0.1, 0.15) is 18.2 Å². The first-order valence-corrected chi connectivity index (χ1v) is 6.97. The van der Waals surface area contributed by atoms with Gasteiger partial charge in [-0.2, -0.15) is 0 Å². The second-order valence-corrected chi connectivity index (χ2v) is 5.20. The third kappa shape index (κ3) is 4.28. The van der Waals surface area contributed by atoms with Gasteiger partial charge in [-0.1, -0.05) is 52.6 Å². The van der Waals surface area contributed by atoms with Crippen molar-refractivity contribution in [3.05, 3.63) is 63.6 Å². The van der Waals surface area contributed by atoms with E-state index in [9.17, 15) is 0 Å². The van der Waals surface area contributed by atoms with Gasteiger partial charge in [-0.05, 0) is 23.8 Å². The van der Waals surface area contributed by atoms with Crippen LogP contribution >= 0.6 is 23.2 Å². The lowest BCUT2D eigenvalue weighted by Crippen LogP contribution is -2.14. The lowest BCUT2D eigenvalue weighted by atomic mass is 10.1. The molecule has 0 spiro atoms. The normalized spacial score (nSPS) is 11.4. The zero-order chi connectivity index (χ0) is 15.2. The molecule has 2 aromatic carbocycles. The van der Waals surface area contributed by atoms with Gasteiger partial charge in [0, 0.05) is 12.0 Å². The summed E-state index contributed by atoms with van der Waals surface area (Å²) in [7, 11) is 0. The van der Waals surface area contributed by atoms with Gasteiger partial charge in [-0.3, -0.25) is 0 Å². The molecule has 6 heteroatoms. The summed E-state index contributed by atoms with van der Waals surface area (Å²) in [5.74, 6) is 0.865. The molecule has 2 rings (SSSR count). The van der Waals surface area contributed by atoms with Crippen molar-refractivity contribution < 1.29 is 9.94 Å². The highest BCUT2D eigenvalue weighted by atomic mass is 35.5. The monoisotopic (exact) mass is 324 g/mol. The van der Waals surface area contributed by atoms with Gasteiger partial charge in [0.05, 0.1) is 10.0 Å². The molecule has 0 heterocycles. The van der Waals surface area contributed by atoms with Gasteiger partial charge in [-0.25, -0.2) is 0 Å². The van der Waals surface area contributed by atoms with E-state index in [1.807, 2.05) is 36.4 Å². The lowest BCUT2D eigenvalue weighted by Gasteiger charge is -2.09. The third-order valence-electron chi connectivity index (χ3n) is 2.86. The highest BCUT2D eigenvalue weighted by Gasteiger charge is 2.05. The summed E-state index contributed by atoms with van der Waals surface area (Å²) in [5.41, 5.74) is 7.20. The van der Waals surface area contributed by atoms with Gasteiger partial charge < -0.3 is 15.7 Å². The van der Waals surface area contributed by atoms with E-state index in [-0.39, 0.29) is 5.84 Å². The topological polar surface area (TPSA) is 67.8 Å². The molecule has 0 radical (unpaired) electrons. The highest BCUT2D eigenvalue weighted by Crippen LogP contribution is 2.26. The predicted molar refractivity (Wildman–Crippen MR) is 84.3 cm³/mol. The van der Waals surface area contributed by atoms with Gasteiger partial charge >= 0.3 is 0 Å². The molecule has 0 unspecified atom stereocenters. The summed E-state index contributed by atoms with van der Waals surface area (Å²) in [5, 5.41) is 12.5. The molecule has 0 aliphatic rings. The maximum atomic E-state index is 8.52. The Morgan fingerprint density at radius 2 is 1.86 bits per heavy atom. The van der Waals surface area contributed by atoms with Crippen molar-refractivity contribution >= 4 is 29.0 Å². The Morgan fingerprint density at radius 1 is 1.14 bits per heavy atom. The average molecular weight is 325 g/mol. The Bertz CT molecular complexity index is 643. The maximum Gasteiger partial charge on any atom is 0.143 e. The Hall–Kier alpha value is -1.91. The van der Waals surface area contributed by atoms with Crippen LogP contribution in [0.1, 0.15) is 11.1 Å². The van der Waals surface area contributed by atoms with Gasteiger partial charge in [0.25, 0.3) is 0 Å². The van der Waals surface area contributed by atoms with E-state index in [2.05, 4.69) is 5.16 Å². The molecule has 0 saturated heterocycles. The molecule has 0 aliphatic heterocycles. The molecule has 0 fully saturated rings. The first kappa shape index (κ1) is 15.5. The van der Waals surface area contributed by atoms with Crippen molar-refractivity contribution in [1.29, 1.82) is 0 Å². The molecule has 0 aromatic heterocycles. The SMILES string of the molecule is N/C(Cc1ccc(OCc2cccc(Cl)c2Cl)cc1)=N/O. The summed E-state index contributed by atoms with van der Waals surface area (Å²) in [6, 6.07) is 12.8.